The molecule has 1 aliphatic rings. The van der Waals surface area contributed by atoms with Crippen LogP contribution in [0.2, 0.25) is 0 Å². The van der Waals surface area contributed by atoms with Crippen LogP contribution in [0.1, 0.15) is 20.3 Å². The van der Waals surface area contributed by atoms with Crippen molar-refractivity contribution < 1.29 is 5.11 Å². The normalized spacial score (nSPS) is 45.0. The maximum Gasteiger partial charge on any atom is 0.105 e. The molecule has 1 fully saturated rings. The van der Waals surface area contributed by atoms with Crippen molar-refractivity contribution in [1.82, 2.24) is 5.32 Å². The molecule has 0 aromatic rings. The zero-order chi connectivity index (χ0) is 6.85. The molecule has 1 aliphatic heterocycles. The van der Waals surface area contributed by atoms with Crippen LogP contribution in [0.15, 0.2) is 0 Å². The lowest BCUT2D eigenvalue weighted by atomic mass is 9.89. The van der Waals surface area contributed by atoms with E-state index in [0.29, 0.717) is 11.8 Å². The van der Waals surface area contributed by atoms with Gasteiger partial charge in [-0.2, -0.15) is 0 Å². The summed E-state index contributed by atoms with van der Waals surface area (Å²) in [5.41, 5.74) is 0. The van der Waals surface area contributed by atoms with E-state index in [4.69, 9.17) is 5.11 Å². The van der Waals surface area contributed by atoms with Gasteiger partial charge in [-0.1, -0.05) is 13.8 Å². The zero-order valence-electron chi connectivity index (χ0n) is 6.09. The van der Waals surface area contributed by atoms with Gasteiger partial charge in [-0.15, -0.1) is 0 Å². The molecule has 0 aromatic carbocycles. The first-order valence-corrected chi connectivity index (χ1v) is 3.61. The summed E-state index contributed by atoms with van der Waals surface area (Å²) in [6, 6.07) is 0. The molecule has 3 unspecified atom stereocenters. The van der Waals surface area contributed by atoms with E-state index < -0.39 is 0 Å². The molecule has 0 amide bonds. The van der Waals surface area contributed by atoms with Crippen LogP contribution in [0, 0.1) is 11.8 Å². The third kappa shape index (κ3) is 1.66. The van der Waals surface area contributed by atoms with Gasteiger partial charge in [0.2, 0.25) is 0 Å². The Hall–Kier alpha value is -0.0800. The molecule has 2 nitrogen and oxygen atoms in total. The number of hydrogen-bond donors (Lipinski definition) is 2. The summed E-state index contributed by atoms with van der Waals surface area (Å²) in [7, 11) is 0. The second kappa shape index (κ2) is 2.67. The highest BCUT2D eigenvalue weighted by molar-refractivity contribution is 4.73. The van der Waals surface area contributed by atoms with Crippen LogP contribution in [0.4, 0.5) is 0 Å². The van der Waals surface area contributed by atoms with Gasteiger partial charge in [-0.05, 0) is 18.3 Å². The maximum atomic E-state index is 9.09. The van der Waals surface area contributed by atoms with Crippen molar-refractivity contribution in [1.29, 1.82) is 0 Å². The van der Waals surface area contributed by atoms with E-state index in [2.05, 4.69) is 19.2 Å². The highest BCUT2D eigenvalue weighted by Gasteiger charge is 2.21. The molecule has 3 atom stereocenters. The standard InChI is InChI=1S/C7H15NO/c1-5-3-7(9)8-4-6(5)2/h5-9H,3-4H2,1-2H3. The van der Waals surface area contributed by atoms with E-state index in [1.807, 2.05) is 0 Å². The fourth-order valence-corrected chi connectivity index (χ4v) is 1.19. The molecule has 1 heterocycles. The molecule has 0 aliphatic carbocycles. The lowest BCUT2D eigenvalue weighted by Gasteiger charge is -2.29. The van der Waals surface area contributed by atoms with Gasteiger partial charge >= 0.3 is 0 Å². The van der Waals surface area contributed by atoms with Crippen LogP contribution < -0.4 is 5.32 Å². The Morgan fingerprint density at radius 3 is 2.44 bits per heavy atom. The van der Waals surface area contributed by atoms with E-state index in [1.54, 1.807) is 0 Å². The molecule has 1 rings (SSSR count). The molecule has 1 saturated heterocycles. The van der Waals surface area contributed by atoms with Crippen molar-refractivity contribution in [3.63, 3.8) is 0 Å². The first-order chi connectivity index (χ1) is 4.20. The van der Waals surface area contributed by atoms with Crippen molar-refractivity contribution >= 4 is 0 Å². The Balaban J connectivity index is 2.35. The Bertz CT molecular complexity index is 94.9. The summed E-state index contributed by atoms with van der Waals surface area (Å²) >= 11 is 0. The number of aliphatic hydroxyl groups is 1. The highest BCUT2D eigenvalue weighted by atomic mass is 16.3. The molecular formula is C7H15NO. The van der Waals surface area contributed by atoms with Gasteiger partial charge in [0, 0.05) is 6.54 Å². The molecule has 0 aromatic heterocycles. The summed E-state index contributed by atoms with van der Waals surface area (Å²) < 4.78 is 0. The molecule has 2 N–H and O–H groups in total. The average Bonchev–Trinajstić information content (AvgIpc) is 1.80. The van der Waals surface area contributed by atoms with E-state index >= 15 is 0 Å². The van der Waals surface area contributed by atoms with Crippen molar-refractivity contribution in [2.75, 3.05) is 6.54 Å². The second-order valence-electron chi connectivity index (χ2n) is 3.11. The minimum atomic E-state index is -0.254. The number of nitrogens with one attached hydrogen (secondary N) is 1. The van der Waals surface area contributed by atoms with Crippen molar-refractivity contribution in [2.45, 2.75) is 26.5 Å². The molecule has 0 radical (unpaired) electrons. The van der Waals surface area contributed by atoms with Crippen LogP contribution in [0.3, 0.4) is 0 Å². The number of piperidine rings is 1. The average molecular weight is 129 g/mol. The molecule has 0 bridgehead atoms. The van der Waals surface area contributed by atoms with Gasteiger partial charge < -0.3 is 5.11 Å². The van der Waals surface area contributed by atoms with Gasteiger partial charge in [0.1, 0.15) is 6.23 Å². The number of aliphatic hydroxyl groups excluding tert-OH is 1. The van der Waals surface area contributed by atoms with Crippen molar-refractivity contribution in [2.24, 2.45) is 11.8 Å². The highest BCUT2D eigenvalue weighted by Crippen LogP contribution is 2.19. The van der Waals surface area contributed by atoms with E-state index in [9.17, 15) is 0 Å². The quantitative estimate of drug-likeness (QED) is 0.501. The first-order valence-electron chi connectivity index (χ1n) is 3.61. The minimum absolute atomic E-state index is 0.254. The summed E-state index contributed by atoms with van der Waals surface area (Å²) in [6.45, 7) is 5.36. The molecule has 0 saturated carbocycles. The minimum Gasteiger partial charge on any atom is -0.379 e. The van der Waals surface area contributed by atoms with Crippen LogP contribution in [-0.4, -0.2) is 17.9 Å². The molecule has 2 heteroatoms. The number of hydrogen-bond acceptors (Lipinski definition) is 2. The van der Waals surface area contributed by atoms with Gasteiger partial charge in [0.25, 0.3) is 0 Å². The lowest BCUT2D eigenvalue weighted by molar-refractivity contribution is 0.0631. The SMILES string of the molecule is CC1CNC(O)CC1C. The van der Waals surface area contributed by atoms with E-state index in [-0.39, 0.29) is 6.23 Å². The molecule has 54 valence electrons. The van der Waals surface area contributed by atoms with Crippen molar-refractivity contribution in [3.05, 3.63) is 0 Å². The fraction of sp³-hybridized carbons (Fsp3) is 1.00. The third-order valence-corrected chi connectivity index (χ3v) is 2.24. The number of rotatable bonds is 0. The van der Waals surface area contributed by atoms with Gasteiger partial charge in [0.15, 0.2) is 0 Å². The largest absolute Gasteiger partial charge is 0.379 e. The van der Waals surface area contributed by atoms with Gasteiger partial charge in [0.05, 0.1) is 0 Å². The summed E-state index contributed by atoms with van der Waals surface area (Å²) in [6.07, 6.45) is 0.650. The van der Waals surface area contributed by atoms with Crippen LogP contribution in [0.5, 0.6) is 0 Å². The zero-order valence-corrected chi connectivity index (χ0v) is 6.09. The summed E-state index contributed by atoms with van der Waals surface area (Å²) in [5, 5.41) is 12.1. The Kier molecular flexibility index (Phi) is 2.09. The second-order valence-corrected chi connectivity index (χ2v) is 3.11. The lowest BCUT2D eigenvalue weighted by Crippen LogP contribution is -2.41. The predicted octanol–water partition coefficient (Wildman–Crippen LogP) is 0.570. The van der Waals surface area contributed by atoms with E-state index in [0.717, 1.165) is 13.0 Å². The third-order valence-electron chi connectivity index (χ3n) is 2.24. The topological polar surface area (TPSA) is 32.3 Å². The monoisotopic (exact) mass is 129 g/mol. The van der Waals surface area contributed by atoms with Crippen LogP contribution >= 0.6 is 0 Å². The molecular weight excluding hydrogens is 114 g/mol. The van der Waals surface area contributed by atoms with Crippen LogP contribution in [-0.2, 0) is 0 Å². The summed E-state index contributed by atoms with van der Waals surface area (Å²) in [5.74, 6) is 1.38. The Morgan fingerprint density at radius 1 is 1.33 bits per heavy atom. The summed E-state index contributed by atoms with van der Waals surface area (Å²) in [4.78, 5) is 0. The Labute approximate surface area is 56.3 Å². The van der Waals surface area contributed by atoms with Gasteiger partial charge in [-0.25, -0.2) is 0 Å². The molecule has 0 spiro atoms. The van der Waals surface area contributed by atoms with E-state index in [1.165, 1.54) is 0 Å². The maximum absolute atomic E-state index is 9.09. The van der Waals surface area contributed by atoms with Gasteiger partial charge in [-0.3, -0.25) is 5.32 Å². The van der Waals surface area contributed by atoms with Crippen LogP contribution in [0.25, 0.3) is 0 Å². The smallest absolute Gasteiger partial charge is 0.105 e. The predicted molar refractivity (Wildman–Crippen MR) is 37.0 cm³/mol. The first kappa shape index (κ1) is 7.03. The molecule has 9 heavy (non-hydrogen) atoms. The fourth-order valence-electron chi connectivity index (χ4n) is 1.19. The van der Waals surface area contributed by atoms with Crippen molar-refractivity contribution in [3.8, 4) is 0 Å². The Morgan fingerprint density at radius 2 is 2.00 bits per heavy atom.